The molecule has 1 aliphatic carbocycles. The summed E-state index contributed by atoms with van der Waals surface area (Å²) in [6, 6.07) is 6.67. The van der Waals surface area contributed by atoms with Gasteiger partial charge in [0.1, 0.15) is 0 Å². The lowest BCUT2D eigenvalue weighted by atomic mass is 10.0. The largest absolute Gasteiger partial charge is 0.0696 e. The van der Waals surface area contributed by atoms with Crippen LogP contribution in [0.5, 0.6) is 0 Å². The number of allylic oxidation sites excluding steroid dienone is 1. The van der Waals surface area contributed by atoms with Gasteiger partial charge in [0.25, 0.3) is 0 Å². The minimum atomic E-state index is 0.884. The van der Waals surface area contributed by atoms with Gasteiger partial charge in [0.15, 0.2) is 0 Å². The molecule has 0 spiro atoms. The highest BCUT2D eigenvalue weighted by atomic mass is 14.3. The molecular weight excluding hydrogens is 168 g/mol. The Morgan fingerprint density at radius 2 is 2.00 bits per heavy atom. The van der Waals surface area contributed by atoms with E-state index < -0.39 is 0 Å². The average molecular weight is 186 g/mol. The van der Waals surface area contributed by atoms with E-state index in [9.17, 15) is 0 Å². The molecule has 0 aromatic heterocycles. The average Bonchev–Trinajstić information content (AvgIpc) is 2.94. The number of hydrogen-bond acceptors (Lipinski definition) is 0. The van der Waals surface area contributed by atoms with Crippen LogP contribution in [-0.4, -0.2) is 0 Å². The van der Waals surface area contributed by atoms with Crippen LogP contribution in [0.2, 0.25) is 0 Å². The van der Waals surface area contributed by atoms with Gasteiger partial charge >= 0.3 is 0 Å². The van der Waals surface area contributed by atoms with Gasteiger partial charge in [0, 0.05) is 0 Å². The molecule has 1 fully saturated rings. The molecule has 0 bridgehead atoms. The lowest BCUT2D eigenvalue weighted by Crippen LogP contribution is -1.85. The molecule has 74 valence electrons. The molecule has 0 saturated heterocycles. The standard InChI is InChI=1S/C14H18/c1-10-4-5-11(2)14(8-10)9-12(3)13-6-7-13/h4-5,8-9,13H,6-7H2,1-3H3/b12-9+. The van der Waals surface area contributed by atoms with E-state index in [1.165, 1.54) is 29.5 Å². The topological polar surface area (TPSA) is 0 Å². The predicted octanol–water partition coefficient (Wildman–Crippen LogP) is 4.12. The second kappa shape index (κ2) is 3.61. The first-order valence-corrected chi connectivity index (χ1v) is 5.42. The minimum Gasteiger partial charge on any atom is -0.0696 e. The molecule has 0 atom stereocenters. The normalized spacial score (nSPS) is 17.2. The monoisotopic (exact) mass is 186 g/mol. The van der Waals surface area contributed by atoms with E-state index in [-0.39, 0.29) is 0 Å². The zero-order chi connectivity index (χ0) is 10.1. The molecule has 2 rings (SSSR count). The van der Waals surface area contributed by atoms with Crippen molar-refractivity contribution < 1.29 is 0 Å². The molecule has 1 aromatic carbocycles. The third-order valence-electron chi connectivity index (χ3n) is 3.04. The predicted molar refractivity (Wildman–Crippen MR) is 62.3 cm³/mol. The maximum atomic E-state index is 2.36. The fourth-order valence-electron chi connectivity index (χ4n) is 1.82. The van der Waals surface area contributed by atoms with Crippen molar-refractivity contribution in [1.29, 1.82) is 0 Å². The van der Waals surface area contributed by atoms with Gasteiger partial charge in [-0.15, -0.1) is 0 Å². The van der Waals surface area contributed by atoms with Crippen LogP contribution in [0.15, 0.2) is 23.8 Å². The first-order valence-electron chi connectivity index (χ1n) is 5.42. The maximum Gasteiger partial charge on any atom is -0.0202 e. The van der Waals surface area contributed by atoms with E-state index >= 15 is 0 Å². The minimum absolute atomic E-state index is 0.884. The van der Waals surface area contributed by atoms with Crippen molar-refractivity contribution in [2.24, 2.45) is 5.92 Å². The Bertz CT molecular complexity index is 368. The summed E-state index contributed by atoms with van der Waals surface area (Å²) < 4.78 is 0. The summed E-state index contributed by atoms with van der Waals surface area (Å²) >= 11 is 0. The quantitative estimate of drug-likeness (QED) is 0.652. The lowest BCUT2D eigenvalue weighted by molar-refractivity contribution is 1.02. The van der Waals surface area contributed by atoms with Gasteiger partial charge < -0.3 is 0 Å². The fraction of sp³-hybridized carbons (Fsp3) is 0.429. The van der Waals surface area contributed by atoms with Crippen LogP contribution in [0.4, 0.5) is 0 Å². The molecule has 0 N–H and O–H groups in total. The van der Waals surface area contributed by atoms with Crippen molar-refractivity contribution in [3.63, 3.8) is 0 Å². The van der Waals surface area contributed by atoms with Crippen LogP contribution in [0.25, 0.3) is 6.08 Å². The Balaban J connectivity index is 2.30. The van der Waals surface area contributed by atoms with Gasteiger partial charge in [-0.2, -0.15) is 0 Å². The van der Waals surface area contributed by atoms with Crippen LogP contribution >= 0.6 is 0 Å². The van der Waals surface area contributed by atoms with Crippen LogP contribution in [-0.2, 0) is 0 Å². The van der Waals surface area contributed by atoms with E-state index in [1.54, 1.807) is 5.57 Å². The van der Waals surface area contributed by atoms with Gasteiger partial charge in [-0.1, -0.05) is 35.4 Å². The van der Waals surface area contributed by atoms with Crippen molar-refractivity contribution in [2.75, 3.05) is 0 Å². The maximum absolute atomic E-state index is 2.36. The third kappa shape index (κ3) is 2.06. The molecule has 0 heteroatoms. The lowest BCUT2D eigenvalue weighted by Gasteiger charge is -2.04. The van der Waals surface area contributed by atoms with Crippen molar-refractivity contribution in [3.8, 4) is 0 Å². The molecule has 0 aliphatic heterocycles. The van der Waals surface area contributed by atoms with E-state index in [0.29, 0.717) is 0 Å². The first-order chi connectivity index (χ1) is 6.66. The SMILES string of the molecule is C/C(=C\c1cc(C)ccc1C)C1CC1. The number of hydrogen-bond donors (Lipinski definition) is 0. The zero-order valence-corrected chi connectivity index (χ0v) is 9.30. The second-order valence-electron chi connectivity index (χ2n) is 4.52. The summed E-state index contributed by atoms with van der Waals surface area (Å²) in [6.07, 6.45) is 5.15. The van der Waals surface area contributed by atoms with E-state index in [1.807, 2.05) is 0 Å². The number of aryl methyl sites for hydroxylation is 2. The smallest absolute Gasteiger partial charge is 0.0202 e. The van der Waals surface area contributed by atoms with Crippen LogP contribution in [0, 0.1) is 19.8 Å². The molecule has 1 saturated carbocycles. The molecule has 0 unspecified atom stereocenters. The van der Waals surface area contributed by atoms with E-state index in [2.05, 4.69) is 45.0 Å². The summed E-state index contributed by atoms with van der Waals surface area (Å²) in [5.41, 5.74) is 5.69. The summed E-state index contributed by atoms with van der Waals surface area (Å²) in [7, 11) is 0. The van der Waals surface area contributed by atoms with Crippen molar-refractivity contribution in [1.82, 2.24) is 0 Å². The third-order valence-corrected chi connectivity index (χ3v) is 3.04. The Hall–Kier alpha value is -1.04. The molecular formula is C14H18. The highest BCUT2D eigenvalue weighted by molar-refractivity contribution is 5.58. The first kappa shape index (κ1) is 9.51. The molecule has 0 amide bonds. The Labute approximate surface area is 86.7 Å². The van der Waals surface area contributed by atoms with Crippen molar-refractivity contribution in [2.45, 2.75) is 33.6 Å². The summed E-state index contributed by atoms with van der Waals surface area (Å²) in [4.78, 5) is 0. The Kier molecular flexibility index (Phi) is 2.45. The second-order valence-corrected chi connectivity index (χ2v) is 4.52. The highest BCUT2D eigenvalue weighted by Crippen LogP contribution is 2.37. The number of benzene rings is 1. The van der Waals surface area contributed by atoms with Crippen molar-refractivity contribution >= 4 is 6.08 Å². The molecule has 0 heterocycles. The van der Waals surface area contributed by atoms with Crippen molar-refractivity contribution in [3.05, 3.63) is 40.5 Å². The fourth-order valence-corrected chi connectivity index (χ4v) is 1.82. The Morgan fingerprint density at radius 3 is 2.64 bits per heavy atom. The van der Waals surface area contributed by atoms with Gasteiger partial charge in [-0.25, -0.2) is 0 Å². The molecule has 1 aromatic rings. The van der Waals surface area contributed by atoms with Crippen LogP contribution < -0.4 is 0 Å². The van der Waals surface area contributed by atoms with Gasteiger partial charge in [-0.05, 0) is 50.7 Å². The van der Waals surface area contributed by atoms with E-state index in [0.717, 1.165) is 5.92 Å². The van der Waals surface area contributed by atoms with E-state index in [4.69, 9.17) is 0 Å². The molecule has 0 nitrogen and oxygen atoms in total. The summed E-state index contributed by atoms with van der Waals surface area (Å²) in [6.45, 7) is 6.61. The van der Waals surface area contributed by atoms with Gasteiger partial charge in [-0.3, -0.25) is 0 Å². The van der Waals surface area contributed by atoms with Gasteiger partial charge in [0.2, 0.25) is 0 Å². The molecule has 14 heavy (non-hydrogen) atoms. The highest BCUT2D eigenvalue weighted by Gasteiger charge is 2.22. The molecule has 0 radical (unpaired) electrons. The summed E-state index contributed by atoms with van der Waals surface area (Å²) in [5, 5.41) is 0. The van der Waals surface area contributed by atoms with Crippen LogP contribution in [0.1, 0.15) is 36.5 Å². The number of rotatable bonds is 2. The Morgan fingerprint density at radius 1 is 1.29 bits per heavy atom. The van der Waals surface area contributed by atoms with Crippen LogP contribution in [0.3, 0.4) is 0 Å². The summed E-state index contributed by atoms with van der Waals surface area (Å²) in [5.74, 6) is 0.884. The van der Waals surface area contributed by atoms with Gasteiger partial charge in [0.05, 0.1) is 0 Å². The zero-order valence-electron chi connectivity index (χ0n) is 9.30. The molecule has 1 aliphatic rings.